The van der Waals surface area contributed by atoms with Crippen LogP contribution in [0.1, 0.15) is 29.8 Å². The third kappa shape index (κ3) is 3.86. The minimum absolute atomic E-state index is 0.0354. The molecule has 4 N–H and O–H groups in total. The molecule has 21 heavy (non-hydrogen) atoms. The van der Waals surface area contributed by atoms with Crippen molar-refractivity contribution in [2.75, 3.05) is 11.1 Å². The molecular formula is C14H17ClN4OS. The van der Waals surface area contributed by atoms with Crippen molar-refractivity contribution in [1.82, 2.24) is 9.69 Å². The van der Waals surface area contributed by atoms with Gasteiger partial charge in [0.05, 0.1) is 0 Å². The molecule has 1 amide bonds. The first-order chi connectivity index (χ1) is 9.99. The molecule has 0 atom stereocenters. The summed E-state index contributed by atoms with van der Waals surface area (Å²) < 4.78 is 4.04. The number of aromatic nitrogens is 1. The molecule has 1 heterocycles. The van der Waals surface area contributed by atoms with Crippen LogP contribution < -0.4 is 16.4 Å². The van der Waals surface area contributed by atoms with Gasteiger partial charge < -0.3 is 16.4 Å². The first-order valence-electron chi connectivity index (χ1n) is 6.52. The van der Waals surface area contributed by atoms with Gasteiger partial charge in [-0.25, -0.2) is 0 Å². The van der Waals surface area contributed by atoms with Crippen LogP contribution in [0.5, 0.6) is 0 Å². The lowest BCUT2D eigenvalue weighted by Crippen LogP contribution is -2.30. The Morgan fingerprint density at radius 2 is 2.14 bits per heavy atom. The minimum Gasteiger partial charge on any atom is -0.382 e. The molecule has 0 spiro atoms. The van der Waals surface area contributed by atoms with Crippen molar-refractivity contribution in [1.29, 1.82) is 0 Å². The molecule has 0 aliphatic heterocycles. The molecule has 0 saturated carbocycles. The molecule has 0 aliphatic rings. The van der Waals surface area contributed by atoms with E-state index in [9.17, 15) is 4.79 Å². The van der Waals surface area contributed by atoms with Gasteiger partial charge >= 0.3 is 0 Å². The van der Waals surface area contributed by atoms with Crippen LogP contribution >= 0.6 is 23.1 Å². The molecule has 5 nitrogen and oxygen atoms in total. The molecular weight excluding hydrogens is 308 g/mol. The molecule has 0 saturated heterocycles. The highest BCUT2D eigenvalue weighted by atomic mass is 35.5. The van der Waals surface area contributed by atoms with E-state index < -0.39 is 0 Å². The smallest absolute Gasteiger partial charge is 0.258 e. The molecule has 0 unspecified atom stereocenters. The van der Waals surface area contributed by atoms with Gasteiger partial charge in [0.2, 0.25) is 0 Å². The number of carbonyl (C=O) groups is 1. The fourth-order valence-electron chi connectivity index (χ4n) is 1.79. The monoisotopic (exact) mass is 324 g/mol. The van der Waals surface area contributed by atoms with Gasteiger partial charge in [-0.3, -0.25) is 4.79 Å². The molecule has 1 aromatic heterocycles. The number of amides is 1. The second-order valence-electron chi connectivity index (χ2n) is 4.85. The number of nitrogen functional groups attached to an aromatic ring is 1. The normalized spacial score (nSPS) is 10.7. The van der Waals surface area contributed by atoms with E-state index in [2.05, 4.69) is 15.0 Å². The van der Waals surface area contributed by atoms with Crippen LogP contribution in [0.15, 0.2) is 24.3 Å². The first-order valence-corrected chi connectivity index (χ1v) is 7.67. The standard InChI is InChI=1S/C14H17ClN4OS/c1-8(2)18-13(20)11-12(16)19-21-14(11)17-7-9-5-3-4-6-10(9)15/h3-6,8,17H,7H2,1-2H3,(H2,16,19)(H,18,20). The molecule has 0 fully saturated rings. The molecule has 7 heteroatoms. The van der Waals surface area contributed by atoms with Crippen LogP contribution in [-0.4, -0.2) is 16.3 Å². The van der Waals surface area contributed by atoms with Crippen molar-refractivity contribution in [2.24, 2.45) is 0 Å². The Kier molecular flexibility index (Phi) is 5.03. The van der Waals surface area contributed by atoms with Crippen LogP contribution in [0.4, 0.5) is 10.8 Å². The summed E-state index contributed by atoms with van der Waals surface area (Å²) in [6, 6.07) is 7.57. The van der Waals surface area contributed by atoms with E-state index in [0.29, 0.717) is 22.1 Å². The van der Waals surface area contributed by atoms with Crippen LogP contribution in [0.25, 0.3) is 0 Å². The Hall–Kier alpha value is -1.79. The van der Waals surface area contributed by atoms with E-state index in [1.165, 1.54) is 11.5 Å². The van der Waals surface area contributed by atoms with Crippen LogP contribution in [0, 0.1) is 0 Å². The average Bonchev–Trinajstić information content (AvgIpc) is 2.78. The summed E-state index contributed by atoms with van der Waals surface area (Å²) in [5, 5.41) is 7.31. The van der Waals surface area contributed by atoms with Gasteiger partial charge in [0, 0.05) is 17.6 Å². The van der Waals surface area contributed by atoms with Gasteiger partial charge in [0.25, 0.3) is 5.91 Å². The summed E-state index contributed by atoms with van der Waals surface area (Å²) in [4.78, 5) is 12.1. The van der Waals surface area contributed by atoms with Crippen molar-refractivity contribution in [3.63, 3.8) is 0 Å². The summed E-state index contributed by atoms with van der Waals surface area (Å²) in [5.41, 5.74) is 7.12. The Labute approximate surface area is 132 Å². The Bertz CT molecular complexity index is 642. The van der Waals surface area contributed by atoms with Gasteiger partial charge in [0.15, 0.2) is 5.82 Å². The summed E-state index contributed by atoms with van der Waals surface area (Å²) >= 11 is 7.28. The van der Waals surface area contributed by atoms with Crippen molar-refractivity contribution in [3.8, 4) is 0 Å². The number of benzene rings is 1. The largest absolute Gasteiger partial charge is 0.382 e. The van der Waals surface area contributed by atoms with E-state index in [1.807, 2.05) is 38.1 Å². The number of halogens is 1. The van der Waals surface area contributed by atoms with E-state index >= 15 is 0 Å². The highest BCUT2D eigenvalue weighted by Gasteiger charge is 2.19. The number of rotatable bonds is 5. The molecule has 112 valence electrons. The Balaban J connectivity index is 2.14. The number of hydrogen-bond donors (Lipinski definition) is 3. The predicted molar refractivity (Wildman–Crippen MR) is 87.9 cm³/mol. The number of hydrogen-bond acceptors (Lipinski definition) is 5. The van der Waals surface area contributed by atoms with E-state index in [4.69, 9.17) is 17.3 Å². The maximum absolute atomic E-state index is 12.1. The summed E-state index contributed by atoms with van der Waals surface area (Å²) in [6.45, 7) is 4.29. The van der Waals surface area contributed by atoms with Crippen LogP contribution in [-0.2, 0) is 6.54 Å². The average molecular weight is 325 g/mol. The predicted octanol–water partition coefficient (Wildman–Crippen LogP) is 3.13. The number of carbonyl (C=O) groups excluding carboxylic acids is 1. The summed E-state index contributed by atoms with van der Waals surface area (Å²) in [6.07, 6.45) is 0. The zero-order valence-corrected chi connectivity index (χ0v) is 13.4. The topological polar surface area (TPSA) is 80.0 Å². The highest BCUT2D eigenvalue weighted by molar-refractivity contribution is 7.11. The summed E-state index contributed by atoms with van der Waals surface area (Å²) in [7, 11) is 0. The summed E-state index contributed by atoms with van der Waals surface area (Å²) in [5.74, 6) is 0.0118. The lowest BCUT2D eigenvalue weighted by atomic mass is 10.2. The fraction of sp³-hybridized carbons (Fsp3) is 0.286. The quantitative estimate of drug-likeness (QED) is 0.789. The van der Waals surface area contributed by atoms with Gasteiger partial charge in [-0.05, 0) is 37.0 Å². The Morgan fingerprint density at radius 3 is 2.81 bits per heavy atom. The van der Waals surface area contributed by atoms with E-state index in [-0.39, 0.29) is 17.8 Å². The fourth-order valence-corrected chi connectivity index (χ4v) is 2.70. The molecule has 2 aromatic rings. The van der Waals surface area contributed by atoms with E-state index in [1.54, 1.807) is 0 Å². The lowest BCUT2D eigenvalue weighted by molar-refractivity contribution is 0.0945. The third-order valence-electron chi connectivity index (χ3n) is 2.76. The maximum Gasteiger partial charge on any atom is 0.258 e. The van der Waals surface area contributed by atoms with Crippen molar-refractivity contribution in [3.05, 3.63) is 40.4 Å². The van der Waals surface area contributed by atoms with E-state index in [0.717, 1.165) is 5.56 Å². The van der Waals surface area contributed by atoms with Gasteiger partial charge in [-0.1, -0.05) is 29.8 Å². The molecule has 2 rings (SSSR count). The molecule has 0 bridgehead atoms. The Morgan fingerprint density at radius 1 is 1.43 bits per heavy atom. The zero-order valence-electron chi connectivity index (χ0n) is 11.8. The van der Waals surface area contributed by atoms with Gasteiger partial charge in [-0.2, -0.15) is 4.37 Å². The van der Waals surface area contributed by atoms with Crippen molar-refractivity contribution in [2.45, 2.75) is 26.4 Å². The molecule has 0 radical (unpaired) electrons. The molecule has 1 aromatic carbocycles. The third-order valence-corrected chi connectivity index (χ3v) is 3.95. The van der Waals surface area contributed by atoms with Gasteiger partial charge in [0.1, 0.15) is 10.6 Å². The number of anilines is 2. The second-order valence-corrected chi connectivity index (χ2v) is 6.03. The van der Waals surface area contributed by atoms with Crippen molar-refractivity contribution < 1.29 is 4.79 Å². The van der Waals surface area contributed by atoms with Crippen LogP contribution in [0.3, 0.4) is 0 Å². The van der Waals surface area contributed by atoms with Crippen molar-refractivity contribution >= 4 is 39.9 Å². The maximum atomic E-state index is 12.1. The minimum atomic E-state index is -0.224. The van der Waals surface area contributed by atoms with Crippen LogP contribution in [0.2, 0.25) is 5.02 Å². The lowest BCUT2D eigenvalue weighted by Gasteiger charge is -2.10. The second kappa shape index (κ2) is 6.78. The number of nitrogens with one attached hydrogen (secondary N) is 2. The van der Waals surface area contributed by atoms with Gasteiger partial charge in [-0.15, -0.1) is 0 Å². The number of nitrogens with two attached hydrogens (primary N) is 1. The SMILES string of the molecule is CC(C)NC(=O)c1c(N)nsc1NCc1ccccc1Cl. The highest BCUT2D eigenvalue weighted by Crippen LogP contribution is 2.28. The number of nitrogens with zero attached hydrogens (tertiary/aromatic N) is 1. The molecule has 0 aliphatic carbocycles. The first kappa shape index (κ1) is 15.6. The zero-order chi connectivity index (χ0) is 15.4.